The molecule has 4 nitrogen and oxygen atoms in total. The van der Waals surface area contributed by atoms with Gasteiger partial charge in [-0.2, -0.15) is 5.10 Å². The summed E-state index contributed by atoms with van der Waals surface area (Å²) in [6, 6.07) is 1.50. The van der Waals surface area contributed by atoms with E-state index in [0.717, 1.165) is 10.4 Å². The molecule has 1 aliphatic rings. The molecule has 0 saturated heterocycles. The molecule has 2 heterocycles. The molecule has 1 N–H and O–H groups in total. The molecule has 1 saturated carbocycles. The van der Waals surface area contributed by atoms with E-state index in [2.05, 4.69) is 5.10 Å². The van der Waals surface area contributed by atoms with Crippen LogP contribution in [0.2, 0.25) is 0 Å². The van der Waals surface area contributed by atoms with Gasteiger partial charge in [0.2, 0.25) is 0 Å². The Balaban J connectivity index is 1.96. The average molecular weight is 294 g/mol. The van der Waals surface area contributed by atoms with Gasteiger partial charge < -0.3 is 5.11 Å². The Morgan fingerprint density at radius 3 is 2.80 bits per heavy atom. The minimum absolute atomic E-state index is 0.0732. The molecule has 1 fully saturated rings. The number of halogens is 1. The van der Waals surface area contributed by atoms with Crippen molar-refractivity contribution in [1.82, 2.24) is 9.78 Å². The van der Waals surface area contributed by atoms with Crippen LogP contribution < -0.4 is 0 Å². The second kappa shape index (κ2) is 4.79. The number of rotatable bonds is 4. The number of aliphatic hydroxyl groups excluding tert-OH is 1. The van der Waals surface area contributed by atoms with Crippen LogP contribution in [0.1, 0.15) is 27.2 Å². The molecule has 2 aromatic rings. The third-order valence-corrected chi connectivity index (χ3v) is 4.92. The highest BCUT2D eigenvalue weighted by molar-refractivity contribution is 7.12. The first kappa shape index (κ1) is 13.5. The molecular formula is C14H15FN2O2S. The van der Waals surface area contributed by atoms with Crippen molar-refractivity contribution in [3.05, 3.63) is 39.6 Å². The second-order valence-electron chi connectivity index (χ2n) is 5.22. The van der Waals surface area contributed by atoms with Crippen LogP contribution in [0.3, 0.4) is 0 Å². The van der Waals surface area contributed by atoms with Crippen molar-refractivity contribution in [2.24, 2.45) is 13.0 Å². The van der Waals surface area contributed by atoms with E-state index >= 15 is 0 Å². The summed E-state index contributed by atoms with van der Waals surface area (Å²) >= 11 is 1.39. The van der Waals surface area contributed by atoms with Gasteiger partial charge in [-0.15, -0.1) is 11.3 Å². The molecule has 1 aliphatic carbocycles. The standard InChI is InChI=1S/C14H15FN2O2S/c1-7-3-9(15)14(20-7)13-11(12(13)10(19)6-18)8-4-16-17(2)5-8/h3-5,11-13,18H,6H2,1-2H3/t11-,12-,13+/m0/s1. The highest BCUT2D eigenvalue weighted by Gasteiger charge is 2.57. The first-order chi connectivity index (χ1) is 9.52. The smallest absolute Gasteiger partial charge is 0.162 e. The number of carbonyl (C=O) groups is 1. The van der Waals surface area contributed by atoms with Gasteiger partial charge in [0.15, 0.2) is 5.78 Å². The predicted molar refractivity (Wildman–Crippen MR) is 73.3 cm³/mol. The number of aliphatic hydroxyl groups is 1. The van der Waals surface area contributed by atoms with Gasteiger partial charge in [-0.3, -0.25) is 9.48 Å². The Morgan fingerprint density at radius 1 is 1.55 bits per heavy atom. The zero-order valence-electron chi connectivity index (χ0n) is 11.2. The van der Waals surface area contributed by atoms with Crippen LogP contribution in [0, 0.1) is 18.7 Å². The number of thiophene rings is 1. The topological polar surface area (TPSA) is 55.1 Å². The van der Waals surface area contributed by atoms with Gasteiger partial charge in [0.1, 0.15) is 12.4 Å². The quantitative estimate of drug-likeness (QED) is 0.938. The van der Waals surface area contributed by atoms with E-state index < -0.39 is 6.61 Å². The maximum atomic E-state index is 14.0. The minimum Gasteiger partial charge on any atom is -0.389 e. The molecule has 0 unspecified atom stereocenters. The minimum atomic E-state index is -0.496. The maximum Gasteiger partial charge on any atom is 0.162 e. The summed E-state index contributed by atoms with van der Waals surface area (Å²) in [5.74, 6) is -1.06. The van der Waals surface area contributed by atoms with Crippen LogP contribution in [0.15, 0.2) is 18.5 Å². The molecule has 0 radical (unpaired) electrons. The molecule has 0 amide bonds. The molecule has 106 valence electrons. The number of carbonyl (C=O) groups excluding carboxylic acids is 1. The van der Waals surface area contributed by atoms with Crippen molar-refractivity contribution < 1.29 is 14.3 Å². The fourth-order valence-corrected chi connectivity index (χ4v) is 3.99. The summed E-state index contributed by atoms with van der Waals surface area (Å²) < 4.78 is 15.6. The largest absolute Gasteiger partial charge is 0.389 e. The number of aromatic nitrogens is 2. The van der Waals surface area contributed by atoms with E-state index in [1.165, 1.54) is 17.4 Å². The van der Waals surface area contributed by atoms with Crippen LogP contribution >= 0.6 is 11.3 Å². The molecule has 0 spiro atoms. The number of hydrogen-bond donors (Lipinski definition) is 1. The molecule has 0 aliphatic heterocycles. The van der Waals surface area contributed by atoms with Crippen molar-refractivity contribution in [2.75, 3.05) is 6.61 Å². The van der Waals surface area contributed by atoms with E-state index in [4.69, 9.17) is 5.11 Å². The van der Waals surface area contributed by atoms with E-state index in [1.54, 1.807) is 17.9 Å². The summed E-state index contributed by atoms with van der Waals surface area (Å²) in [7, 11) is 1.81. The fraction of sp³-hybridized carbons (Fsp3) is 0.429. The molecular weight excluding hydrogens is 279 g/mol. The zero-order chi connectivity index (χ0) is 14.4. The number of nitrogens with zero attached hydrogens (tertiary/aromatic N) is 2. The third kappa shape index (κ3) is 2.09. The lowest BCUT2D eigenvalue weighted by molar-refractivity contribution is -0.123. The van der Waals surface area contributed by atoms with Gasteiger partial charge in [-0.1, -0.05) is 0 Å². The Labute approximate surface area is 119 Å². The Bertz CT molecular complexity index is 664. The van der Waals surface area contributed by atoms with E-state index in [1.807, 2.05) is 13.1 Å². The Kier molecular flexibility index (Phi) is 3.22. The molecule has 20 heavy (non-hydrogen) atoms. The summed E-state index contributed by atoms with van der Waals surface area (Å²) in [5, 5.41) is 13.2. The highest BCUT2D eigenvalue weighted by Crippen LogP contribution is 2.62. The van der Waals surface area contributed by atoms with Crippen molar-refractivity contribution in [3.8, 4) is 0 Å². The second-order valence-corrected chi connectivity index (χ2v) is 6.51. The number of ketones is 1. The van der Waals surface area contributed by atoms with Gasteiger partial charge in [0, 0.05) is 40.8 Å². The lowest BCUT2D eigenvalue weighted by Crippen LogP contribution is -2.08. The Morgan fingerprint density at radius 2 is 2.30 bits per heavy atom. The van der Waals surface area contributed by atoms with E-state index in [9.17, 15) is 9.18 Å². The third-order valence-electron chi connectivity index (χ3n) is 3.80. The average Bonchev–Trinajstić information content (AvgIpc) is 2.84. The lowest BCUT2D eigenvalue weighted by atomic mass is 10.1. The Hall–Kier alpha value is -1.53. The van der Waals surface area contributed by atoms with Gasteiger partial charge >= 0.3 is 0 Å². The van der Waals surface area contributed by atoms with Gasteiger partial charge in [-0.25, -0.2) is 4.39 Å². The monoisotopic (exact) mass is 294 g/mol. The molecule has 3 rings (SSSR count). The number of aryl methyl sites for hydroxylation is 2. The normalized spacial score (nSPS) is 24.9. The first-order valence-electron chi connectivity index (χ1n) is 6.41. The summed E-state index contributed by atoms with van der Waals surface area (Å²) in [6.45, 7) is 1.35. The highest BCUT2D eigenvalue weighted by atomic mass is 32.1. The molecule has 0 bridgehead atoms. The van der Waals surface area contributed by atoms with Crippen molar-refractivity contribution >= 4 is 17.1 Å². The molecule has 6 heteroatoms. The van der Waals surface area contributed by atoms with Crippen molar-refractivity contribution in [3.63, 3.8) is 0 Å². The molecule has 3 atom stereocenters. The summed E-state index contributed by atoms with van der Waals surface area (Å²) in [6.07, 6.45) is 3.56. The predicted octanol–water partition coefficient (Wildman–Crippen LogP) is 1.99. The van der Waals surface area contributed by atoms with E-state index in [0.29, 0.717) is 4.88 Å². The van der Waals surface area contributed by atoms with Crippen LogP contribution in [-0.2, 0) is 11.8 Å². The summed E-state index contributed by atoms with van der Waals surface area (Å²) in [5.41, 5.74) is 0.926. The van der Waals surface area contributed by atoms with Crippen molar-refractivity contribution in [1.29, 1.82) is 0 Å². The number of hydrogen-bond acceptors (Lipinski definition) is 4. The molecule has 0 aromatic carbocycles. The SMILES string of the molecule is Cc1cc(F)c([C@H]2[C@@H](C(=O)CO)[C@@H]2c2cnn(C)c2)s1. The van der Waals surface area contributed by atoms with Crippen LogP contribution in [0.25, 0.3) is 0 Å². The first-order valence-corrected chi connectivity index (χ1v) is 7.22. The van der Waals surface area contributed by atoms with Gasteiger partial charge in [-0.05, 0) is 18.6 Å². The lowest BCUT2D eigenvalue weighted by Gasteiger charge is -1.94. The fourth-order valence-electron chi connectivity index (χ4n) is 2.90. The van der Waals surface area contributed by atoms with Crippen LogP contribution in [0.4, 0.5) is 4.39 Å². The van der Waals surface area contributed by atoms with Crippen molar-refractivity contribution in [2.45, 2.75) is 18.8 Å². The van der Waals surface area contributed by atoms with E-state index in [-0.39, 0.29) is 29.4 Å². The van der Waals surface area contributed by atoms with Crippen LogP contribution in [0.5, 0.6) is 0 Å². The van der Waals surface area contributed by atoms with Gasteiger partial charge in [0.05, 0.1) is 6.20 Å². The molecule has 2 aromatic heterocycles. The zero-order valence-corrected chi connectivity index (χ0v) is 12.0. The summed E-state index contributed by atoms with van der Waals surface area (Å²) in [4.78, 5) is 13.4. The number of Topliss-reactive ketones (excluding diaryl/α,β-unsaturated/α-hetero) is 1. The maximum absolute atomic E-state index is 14.0. The van der Waals surface area contributed by atoms with Gasteiger partial charge in [0.25, 0.3) is 0 Å². The van der Waals surface area contributed by atoms with Crippen LogP contribution in [-0.4, -0.2) is 27.3 Å².